The predicted octanol–water partition coefficient (Wildman–Crippen LogP) is 10.5. The lowest BCUT2D eigenvalue weighted by atomic mass is 10.0. The Hall–Kier alpha value is -3.19. The average molecular weight is 1080 g/mol. The van der Waals surface area contributed by atoms with Crippen LogP contribution in [0.3, 0.4) is 0 Å². The third kappa shape index (κ3) is 44.0. The van der Waals surface area contributed by atoms with Gasteiger partial charge in [-0.15, -0.1) is 5.06 Å². The molecule has 1 unspecified atom stereocenters. The highest BCUT2D eigenvalue weighted by molar-refractivity contribution is 7.47. The van der Waals surface area contributed by atoms with Crippen LogP contribution in [-0.2, 0) is 70.8 Å². The van der Waals surface area contributed by atoms with Crippen LogP contribution in [0.4, 0.5) is 0 Å². The van der Waals surface area contributed by atoms with Crippen LogP contribution in [0.1, 0.15) is 232 Å². The zero-order valence-corrected chi connectivity index (χ0v) is 46.6. The molecule has 0 aromatic rings. The van der Waals surface area contributed by atoms with E-state index in [1.165, 1.54) is 141 Å². The molecule has 20 heteroatoms. The lowest BCUT2D eigenvalue weighted by Crippen LogP contribution is -2.33. The molecule has 0 aromatic heterocycles. The van der Waals surface area contributed by atoms with Crippen LogP contribution in [-0.4, -0.2) is 124 Å². The van der Waals surface area contributed by atoms with E-state index in [1.54, 1.807) is 0 Å². The molecule has 2 amide bonds. The van der Waals surface area contributed by atoms with Gasteiger partial charge in [0.05, 0.1) is 52.8 Å². The molecule has 0 radical (unpaired) electrons. The van der Waals surface area contributed by atoms with Gasteiger partial charge in [-0.2, -0.15) is 0 Å². The number of phosphoric acid groups is 1. The van der Waals surface area contributed by atoms with Crippen LogP contribution < -0.4 is 5.11 Å². The van der Waals surface area contributed by atoms with Crippen molar-refractivity contribution in [2.45, 2.75) is 238 Å². The fourth-order valence-electron chi connectivity index (χ4n) is 8.02. The molecule has 1 aliphatic heterocycles. The first-order valence-electron chi connectivity index (χ1n) is 28.6. The van der Waals surface area contributed by atoms with Crippen molar-refractivity contribution in [2.24, 2.45) is 4.99 Å². The Morgan fingerprint density at radius 3 is 1.39 bits per heavy atom. The first kappa shape index (κ1) is 68.8. The van der Waals surface area contributed by atoms with E-state index >= 15 is 0 Å². The summed E-state index contributed by atoms with van der Waals surface area (Å²) in [4.78, 5) is 78.7. The van der Waals surface area contributed by atoms with Crippen LogP contribution in [0.25, 0.3) is 0 Å². The fraction of sp³-hybridized carbons (Fsp3) is 0.889. The van der Waals surface area contributed by atoms with E-state index in [2.05, 4.69) is 23.7 Å². The Morgan fingerprint density at radius 1 is 0.527 bits per heavy atom. The van der Waals surface area contributed by atoms with E-state index in [0.717, 1.165) is 38.5 Å². The van der Waals surface area contributed by atoms with Gasteiger partial charge in [-0.1, -0.05) is 194 Å². The van der Waals surface area contributed by atoms with Crippen molar-refractivity contribution in [3.63, 3.8) is 0 Å². The number of carbonyl (C=O) groups excluding carboxylic acids is 5. The molecular formula is C54H98N2O17P-. The van der Waals surface area contributed by atoms with Crippen molar-refractivity contribution in [3.05, 3.63) is 0 Å². The maximum atomic E-state index is 12.8. The number of imide groups is 1. The molecule has 0 aliphatic carbocycles. The lowest BCUT2D eigenvalue weighted by Gasteiger charge is -2.20. The minimum absolute atomic E-state index is 0.00341. The zero-order valence-electron chi connectivity index (χ0n) is 45.7. The van der Waals surface area contributed by atoms with E-state index in [9.17, 15) is 38.5 Å². The molecule has 1 fully saturated rings. The molecule has 1 heterocycles. The van der Waals surface area contributed by atoms with Crippen molar-refractivity contribution in [1.29, 1.82) is 0 Å². The van der Waals surface area contributed by atoms with Gasteiger partial charge in [0.2, 0.25) is 0 Å². The quantitative estimate of drug-likeness (QED) is 0.0149. The highest BCUT2D eigenvalue weighted by atomic mass is 31.2. The van der Waals surface area contributed by atoms with Gasteiger partial charge < -0.3 is 43.3 Å². The monoisotopic (exact) mass is 1080 g/mol. The Labute approximate surface area is 444 Å². The summed E-state index contributed by atoms with van der Waals surface area (Å²) in [6.07, 6.45) is 34.5. The van der Waals surface area contributed by atoms with Gasteiger partial charge in [0, 0.05) is 32.3 Å². The minimum Gasteiger partial charge on any atom is -0.598 e. The van der Waals surface area contributed by atoms with Gasteiger partial charge in [-0.3, -0.25) is 33.2 Å². The molecule has 1 N–H and O–H groups in total. The van der Waals surface area contributed by atoms with Crippen molar-refractivity contribution < 1.29 is 80.8 Å². The summed E-state index contributed by atoms with van der Waals surface area (Å²) in [6.45, 7) is 2.77. The highest BCUT2D eigenvalue weighted by Crippen LogP contribution is 2.43. The Morgan fingerprint density at radius 2 is 0.932 bits per heavy atom. The topological polar surface area (TPSA) is 244 Å². The Bertz CT molecular complexity index is 1490. The third-order valence-corrected chi connectivity index (χ3v) is 13.3. The second kappa shape index (κ2) is 49.4. The van der Waals surface area contributed by atoms with Gasteiger partial charge in [-0.05, 0) is 12.8 Å². The summed E-state index contributed by atoms with van der Waals surface area (Å²) in [5.41, 5.74) is 0. The number of esters is 2. The number of rotatable bonds is 54. The highest BCUT2D eigenvalue weighted by Gasteiger charge is 2.33. The number of hydrogen-bond donors (Lipinski definition) is 1. The first-order chi connectivity index (χ1) is 36.0. The van der Waals surface area contributed by atoms with E-state index in [0.29, 0.717) is 17.9 Å². The Balaban J connectivity index is 2.33. The molecule has 0 spiro atoms. The van der Waals surface area contributed by atoms with Crippen LogP contribution in [0.2, 0.25) is 0 Å². The number of aliphatic imine (C=N–C) groups is 1. The molecule has 1 rings (SSSR count). The van der Waals surface area contributed by atoms with E-state index in [1.807, 2.05) is 0 Å². The lowest BCUT2D eigenvalue weighted by molar-refractivity contribution is -0.251. The molecule has 2 atom stereocenters. The van der Waals surface area contributed by atoms with Crippen molar-refractivity contribution in [1.82, 2.24) is 5.06 Å². The van der Waals surface area contributed by atoms with E-state index in [4.69, 9.17) is 37.5 Å². The standard InChI is InChI=1S/C54H99N2O17P/c1-3-5-7-9-11-13-15-17-19-21-23-25-27-29-31-33-51(59)69-45-48(72-52(60)34-32-30-28-26-24-22-20-18-16-14-12-10-8-6-4-2)46-71-74(63,64)70-38-37-55-54(62)68-44-43-66-40-39-65-41-42-67-47-53(61)73-56-49(57)35-36-50(56)58/h48H,3-47H2,1-2H3,(H,55,62)(H,63,64)/p-1/t48-/m1/s1. The smallest absolute Gasteiger partial charge is 0.472 e. The molecule has 74 heavy (non-hydrogen) atoms. The van der Waals surface area contributed by atoms with E-state index < -0.39 is 69.6 Å². The van der Waals surface area contributed by atoms with Gasteiger partial charge in [-0.25, -0.2) is 9.36 Å². The molecule has 19 nitrogen and oxygen atoms in total. The summed E-state index contributed by atoms with van der Waals surface area (Å²) in [6, 6.07) is 0. The summed E-state index contributed by atoms with van der Waals surface area (Å²) >= 11 is 0. The number of nitrogens with zero attached hydrogens (tertiary/aromatic N) is 2. The molecule has 0 bridgehead atoms. The number of amides is 2. The summed E-state index contributed by atoms with van der Waals surface area (Å²) in [5.74, 6) is -3.01. The first-order valence-corrected chi connectivity index (χ1v) is 30.1. The molecule has 1 aliphatic rings. The number of hydroxylamine groups is 2. The average Bonchev–Trinajstić information content (AvgIpc) is 3.69. The van der Waals surface area contributed by atoms with Gasteiger partial charge >= 0.3 is 25.7 Å². The summed E-state index contributed by atoms with van der Waals surface area (Å²) < 4.78 is 54.4. The number of ether oxygens (including phenoxy) is 6. The number of unbranched alkanes of at least 4 members (excludes halogenated alkanes) is 28. The van der Waals surface area contributed by atoms with Crippen LogP contribution in [0.5, 0.6) is 0 Å². The third-order valence-electron chi connectivity index (χ3n) is 12.3. The van der Waals surface area contributed by atoms with Crippen molar-refractivity contribution in [3.8, 4) is 0 Å². The molecule has 432 valence electrons. The largest absolute Gasteiger partial charge is 0.598 e. The molecular weight excluding hydrogens is 980 g/mol. The van der Waals surface area contributed by atoms with Crippen molar-refractivity contribution in [2.75, 3.05) is 72.6 Å². The van der Waals surface area contributed by atoms with Gasteiger partial charge in [0.25, 0.3) is 11.8 Å². The number of carbonyl (C=O) groups is 5. The van der Waals surface area contributed by atoms with E-state index in [-0.39, 0.29) is 78.5 Å². The minimum atomic E-state index is -4.69. The van der Waals surface area contributed by atoms with Crippen LogP contribution in [0, 0.1) is 0 Å². The predicted molar refractivity (Wildman–Crippen MR) is 280 cm³/mol. The normalized spacial score (nSPS) is 14.1. The molecule has 0 aromatic carbocycles. The van der Waals surface area contributed by atoms with Crippen LogP contribution in [0.15, 0.2) is 4.99 Å². The Kier molecular flexibility index (Phi) is 45.9. The van der Waals surface area contributed by atoms with Gasteiger partial charge in [0.15, 0.2) is 6.10 Å². The second-order valence-corrected chi connectivity index (χ2v) is 20.6. The zero-order chi connectivity index (χ0) is 54.0. The fourth-order valence-corrected chi connectivity index (χ4v) is 8.76. The maximum absolute atomic E-state index is 12.8. The summed E-state index contributed by atoms with van der Waals surface area (Å²) in [5, 5.41) is 12.4. The van der Waals surface area contributed by atoms with Crippen molar-refractivity contribution >= 4 is 43.6 Å². The molecule has 1 saturated heterocycles. The molecule has 0 saturated carbocycles. The SMILES string of the molecule is CCCCCCCCCCCCCCCCCC(=O)OC[C@H](COP(=O)(O)OCCN=C([O-])OCCOCCOCCOCC(=O)ON1C(=O)CCC1=O)OC(=O)CCCCCCCCCCCCCCCCC. The number of phosphoric ester groups is 1. The van der Waals surface area contributed by atoms with Gasteiger partial charge in [0.1, 0.15) is 19.3 Å². The maximum Gasteiger partial charge on any atom is 0.472 e. The number of hydrogen-bond acceptors (Lipinski definition) is 17. The summed E-state index contributed by atoms with van der Waals surface area (Å²) in [7, 11) is -4.69. The van der Waals surface area contributed by atoms with Crippen LogP contribution >= 0.6 is 7.82 Å². The second-order valence-electron chi connectivity index (χ2n) is 19.1.